The molecule has 3 saturated carbocycles. The van der Waals surface area contributed by atoms with Gasteiger partial charge in [-0.25, -0.2) is 4.79 Å². The first kappa shape index (κ1) is 22.4. The molecule has 1 aliphatic heterocycles. The summed E-state index contributed by atoms with van der Waals surface area (Å²) in [6.07, 6.45) is 12.4. The van der Waals surface area contributed by atoms with Crippen LogP contribution in [0.1, 0.15) is 81.1 Å². The smallest absolute Gasteiger partial charge is 0.338 e. The van der Waals surface area contributed by atoms with Gasteiger partial charge in [-0.15, -0.1) is 0 Å². The molecule has 0 radical (unpaired) electrons. The minimum atomic E-state index is -0.261. The number of hydrogen-bond acceptors (Lipinski definition) is 4. The van der Waals surface area contributed by atoms with Crippen molar-refractivity contribution in [1.82, 2.24) is 4.90 Å². The second kappa shape index (κ2) is 7.95. The maximum atomic E-state index is 12.7. The van der Waals surface area contributed by atoms with Crippen LogP contribution in [0.25, 0.3) is 0 Å². The first-order valence-electron chi connectivity index (χ1n) is 13.5. The second-order valence-electron chi connectivity index (χ2n) is 12.3. The number of likely N-dealkylation sites (tertiary alicyclic amines) is 1. The summed E-state index contributed by atoms with van der Waals surface area (Å²) in [6, 6.07) is 9.62. The predicted molar refractivity (Wildman–Crippen MR) is 132 cm³/mol. The maximum Gasteiger partial charge on any atom is 0.338 e. The zero-order valence-corrected chi connectivity index (χ0v) is 20.9. The Bertz CT molecular complexity index is 1050. The minimum absolute atomic E-state index is 0.0332. The van der Waals surface area contributed by atoms with Crippen molar-refractivity contribution < 1.29 is 9.53 Å². The number of hydrogen-bond donors (Lipinski definition) is 0. The Kier molecular flexibility index (Phi) is 5.23. The summed E-state index contributed by atoms with van der Waals surface area (Å²) in [5, 5.41) is 8.99. The number of fused-ring (bicyclic) bond motifs is 4. The fraction of sp³-hybridized carbons (Fsp3) is 0.667. The molecule has 0 aromatic heterocycles. The van der Waals surface area contributed by atoms with Gasteiger partial charge in [0.2, 0.25) is 0 Å². The van der Waals surface area contributed by atoms with Gasteiger partial charge in [-0.3, -0.25) is 0 Å². The summed E-state index contributed by atoms with van der Waals surface area (Å²) in [4.78, 5) is 15.4. The quantitative estimate of drug-likeness (QED) is 0.404. The average Bonchev–Trinajstić information content (AvgIpc) is 3.33. The number of ether oxygens (including phenoxy) is 1. The third-order valence-electron chi connectivity index (χ3n) is 11.2. The largest absolute Gasteiger partial charge is 0.458 e. The van der Waals surface area contributed by atoms with Crippen LogP contribution in [-0.4, -0.2) is 36.6 Å². The number of benzene rings is 1. The topological polar surface area (TPSA) is 53.3 Å². The number of carbonyl (C=O) groups excluding carboxylic acids is 1. The molecule has 1 saturated heterocycles. The van der Waals surface area contributed by atoms with Crippen molar-refractivity contribution in [2.45, 2.75) is 77.4 Å². The van der Waals surface area contributed by atoms with Gasteiger partial charge in [0.25, 0.3) is 0 Å². The summed E-state index contributed by atoms with van der Waals surface area (Å²) in [7, 11) is 2.35. The Labute approximate surface area is 204 Å². The van der Waals surface area contributed by atoms with E-state index in [1.165, 1.54) is 38.6 Å². The Morgan fingerprint density at radius 1 is 1.09 bits per heavy atom. The fourth-order valence-electron chi connectivity index (χ4n) is 9.43. The van der Waals surface area contributed by atoms with Gasteiger partial charge in [-0.2, -0.15) is 5.26 Å². The van der Waals surface area contributed by atoms with Crippen molar-refractivity contribution in [3.05, 3.63) is 47.0 Å². The second-order valence-corrected chi connectivity index (χ2v) is 12.3. The molecular formula is C30H38N2O2. The van der Waals surface area contributed by atoms with Gasteiger partial charge in [-0.05, 0) is 118 Å². The average molecular weight is 459 g/mol. The van der Waals surface area contributed by atoms with Crippen LogP contribution in [0.15, 0.2) is 35.9 Å². The molecule has 1 spiro atoms. The lowest BCUT2D eigenvalue weighted by molar-refractivity contribution is -0.0507. The molecule has 0 amide bonds. The molecule has 1 heterocycles. The van der Waals surface area contributed by atoms with E-state index in [1.54, 1.807) is 29.8 Å². The van der Waals surface area contributed by atoms with Crippen molar-refractivity contribution in [2.75, 3.05) is 13.6 Å². The lowest BCUT2D eigenvalue weighted by Gasteiger charge is -2.58. The van der Waals surface area contributed by atoms with E-state index in [0.29, 0.717) is 16.5 Å². The third-order valence-corrected chi connectivity index (χ3v) is 11.2. The molecule has 180 valence electrons. The molecular weight excluding hydrogens is 420 g/mol. The first-order chi connectivity index (χ1) is 16.4. The van der Waals surface area contributed by atoms with E-state index in [1.807, 2.05) is 0 Å². The normalized spacial score (nSPS) is 43.1. The lowest BCUT2D eigenvalue weighted by atomic mass is 9.47. The van der Waals surface area contributed by atoms with Gasteiger partial charge < -0.3 is 9.64 Å². The van der Waals surface area contributed by atoms with Crippen LogP contribution >= 0.6 is 0 Å². The zero-order chi connectivity index (χ0) is 23.7. The molecule has 4 aliphatic carbocycles. The van der Waals surface area contributed by atoms with E-state index >= 15 is 0 Å². The van der Waals surface area contributed by atoms with Crippen LogP contribution in [0.2, 0.25) is 0 Å². The summed E-state index contributed by atoms with van der Waals surface area (Å²) < 4.78 is 5.96. The van der Waals surface area contributed by atoms with E-state index in [0.717, 1.165) is 49.0 Å². The summed E-state index contributed by atoms with van der Waals surface area (Å²) in [5.41, 5.74) is 3.50. The van der Waals surface area contributed by atoms with Crippen molar-refractivity contribution >= 4 is 5.97 Å². The molecule has 34 heavy (non-hydrogen) atoms. The monoisotopic (exact) mass is 458 g/mol. The number of nitriles is 1. The van der Waals surface area contributed by atoms with E-state index in [9.17, 15) is 4.79 Å². The SMILES string of the molecule is CC1C2CCC3C4CC=C5CC(OC(=O)c6ccc(C#N)cc6)CCC5(C)C4CCC32CN1C. The van der Waals surface area contributed by atoms with Crippen molar-refractivity contribution in [1.29, 1.82) is 5.26 Å². The maximum absolute atomic E-state index is 12.7. The third kappa shape index (κ3) is 3.15. The standard InChI is InChI=1S/C30H38N2O2/c1-19-25-10-11-27-24-9-8-22-16-23(34-28(33)21-6-4-20(17-31)5-7-21)12-14-29(22,2)26(24)13-15-30(25,27)18-32(19)3/h4-8,19,23-27H,9-16,18H2,1-3H3. The predicted octanol–water partition coefficient (Wildman–Crippen LogP) is 5.98. The first-order valence-corrected chi connectivity index (χ1v) is 13.5. The molecule has 6 rings (SSSR count). The Morgan fingerprint density at radius 2 is 1.85 bits per heavy atom. The molecule has 5 aliphatic rings. The van der Waals surface area contributed by atoms with Crippen molar-refractivity contribution in [2.24, 2.45) is 34.5 Å². The van der Waals surface area contributed by atoms with E-state index in [4.69, 9.17) is 10.00 Å². The van der Waals surface area contributed by atoms with E-state index in [-0.39, 0.29) is 17.5 Å². The van der Waals surface area contributed by atoms with Gasteiger partial charge in [0, 0.05) is 19.0 Å². The molecule has 0 bridgehead atoms. The number of nitrogens with zero attached hydrogens (tertiary/aromatic N) is 2. The highest BCUT2D eigenvalue weighted by molar-refractivity contribution is 5.89. The van der Waals surface area contributed by atoms with Gasteiger partial charge >= 0.3 is 5.97 Å². The summed E-state index contributed by atoms with van der Waals surface area (Å²) in [6.45, 7) is 6.31. The Morgan fingerprint density at radius 3 is 2.62 bits per heavy atom. The molecule has 0 N–H and O–H groups in total. The molecule has 8 atom stereocenters. The highest BCUT2D eigenvalue weighted by Crippen LogP contribution is 2.68. The van der Waals surface area contributed by atoms with Crippen LogP contribution in [0, 0.1) is 45.8 Å². The zero-order valence-electron chi connectivity index (χ0n) is 20.9. The molecule has 4 heteroatoms. The highest BCUT2D eigenvalue weighted by Gasteiger charge is 2.64. The van der Waals surface area contributed by atoms with Crippen LogP contribution in [0.3, 0.4) is 0 Å². The molecule has 4 nitrogen and oxygen atoms in total. The van der Waals surface area contributed by atoms with Crippen LogP contribution < -0.4 is 0 Å². The van der Waals surface area contributed by atoms with Crippen molar-refractivity contribution in [3.8, 4) is 6.07 Å². The molecule has 1 aromatic carbocycles. The molecule has 8 unspecified atom stereocenters. The Balaban J connectivity index is 1.18. The number of rotatable bonds is 2. The number of carbonyl (C=O) groups is 1. The van der Waals surface area contributed by atoms with Gasteiger partial charge in [0.15, 0.2) is 0 Å². The van der Waals surface area contributed by atoms with Crippen LogP contribution in [-0.2, 0) is 4.74 Å². The molecule has 4 fully saturated rings. The summed E-state index contributed by atoms with van der Waals surface area (Å²) >= 11 is 0. The van der Waals surface area contributed by atoms with Gasteiger partial charge in [-0.1, -0.05) is 18.6 Å². The van der Waals surface area contributed by atoms with E-state index < -0.39 is 0 Å². The van der Waals surface area contributed by atoms with Gasteiger partial charge in [0.1, 0.15) is 6.10 Å². The molecule has 1 aromatic rings. The fourth-order valence-corrected chi connectivity index (χ4v) is 9.43. The Hall–Kier alpha value is -2.12. The van der Waals surface area contributed by atoms with Crippen LogP contribution in [0.5, 0.6) is 0 Å². The number of allylic oxidation sites excluding steroid dienone is 1. The van der Waals surface area contributed by atoms with Crippen molar-refractivity contribution in [3.63, 3.8) is 0 Å². The van der Waals surface area contributed by atoms with Gasteiger partial charge in [0.05, 0.1) is 17.2 Å². The van der Waals surface area contributed by atoms with E-state index in [2.05, 4.69) is 37.9 Å². The number of esters is 1. The lowest BCUT2D eigenvalue weighted by Crippen LogP contribution is -2.51. The van der Waals surface area contributed by atoms with Crippen LogP contribution in [0.4, 0.5) is 0 Å². The summed E-state index contributed by atoms with van der Waals surface area (Å²) in [5.74, 6) is 3.16. The minimum Gasteiger partial charge on any atom is -0.458 e. The highest BCUT2D eigenvalue weighted by atomic mass is 16.5.